The first-order valence-corrected chi connectivity index (χ1v) is 7.11. The molecule has 3 aromatic rings. The van der Waals surface area contributed by atoms with E-state index < -0.39 is 5.92 Å². The van der Waals surface area contributed by atoms with E-state index in [4.69, 9.17) is 0 Å². The Hall–Kier alpha value is -2.27. The maximum absolute atomic E-state index is 12.5. The van der Waals surface area contributed by atoms with Crippen LogP contribution in [0.1, 0.15) is 27.0 Å². The van der Waals surface area contributed by atoms with Crippen molar-refractivity contribution < 1.29 is 9.59 Å². The zero-order valence-electron chi connectivity index (χ0n) is 10.8. The Kier molecular flexibility index (Phi) is 3.20. The van der Waals surface area contributed by atoms with E-state index in [1.807, 2.05) is 29.6 Å². The van der Waals surface area contributed by atoms with E-state index in [1.54, 1.807) is 23.7 Å². The summed E-state index contributed by atoms with van der Waals surface area (Å²) in [5, 5.41) is 5.96. The first kappa shape index (κ1) is 12.7. The number of ketones is 2. The van der Waals surface area contributed by atoms with Gasteiger partial charge in [0.15, 0.2) is 11.6 Å². The highest BCUT2D eigenvalue weighted by Gasteiger charge is 2.26. The minimum atomic E-state index is -0.693. The molecule has 0 saturated carbocycles. The Morgan fingerprint density at radius 2 is 2.05 bits per heavy atom. The maximum atomic E-state index is 12.5. The molecular formula is C15H12N2O2S. The van der Waals surface area contributed by atoms with Crippen molar-refractivity contribution in [2.24, 2.45) is 5.92 Å². The summed E-state index contributed by atoms with van der Waals surface area (Å²) in [6.07, 6.45) is 3.30. The van der Waals surface area contributed by atoms with Gasteiger partial charge >= 0.3 is 0 Å². The zero-order chi connectivity index (χ0) is 14.1. The molecule has 0 spiro atoms. The Morgan fingerprint density at radius 1 is 1.20 bits per heavy atom. The molecule has 3 rings (SSSR count). The molecule has 0 aliphatic heterocycles. The number of hydrogen-bond donors (Lipinski definition) is 0. The van der Waals surface area contributed by atoms with Gasteiger partial charge in [-0.15, -0.1) is 11.3 Å². The molecule has 1 atom stereocenters. The van der Waals surface area contributed by atoms with Crippen LogP contribution in [0, 0.1) is 5.92 Å². The summed E-state index contributed by atoms with van der Waals surface area (Å²) in [6.45, 7) is 1.65. The maximum Gasteiger partial charge on any atom is 0.183 e. The fraction of sp³-hybridized carbons (Fsp3) is 0.133. The second-order valence-corrected chi connectivity index (χ2v) is 5.46. The molecule has 3 heterocycles. The lowest BCUT2D eigenvalue weighted by Crippen LogP contribution is -2.20. The van der Waals surface area contributed by atoms with Crippen molar-refractivity contribution in [2.45, 2.75) is 6.92 Å². The molecule has 0 amide bonds. The number of thiophene rings is 1. The van der Waals surface area contributed by atoms with Gasteiger partial charge in [0.2, 0.25) is 0 Å². The van der Waals surface area contributed by atoms with Crippen LogP contribution in [0.15, 0.2) is 48.1 Å². The van der Waals surface area contributed by atoms with Crippen LogP contribution < -0.4 is 0 Å². The molecule has 0 aromatic carbocycles. The highest BCUT2D eigenvalue weighted by Crippen LogP contribution is 2.20. The lowest BCUT2D eigenvalue weighted by Gasteiger charge is -2.07. The smallest absolute Gasteiger partial charge is 0.183 e. The number of carbonyl (C=O) groups is 2. The Labute approximate surface area is 119 Å². The predicted molar refractivity (Wildman–Crippen MR) is 77.3 cm³/mol. The van der Waals surface area contributed by atoms with Gasteiger partial charge in [-0.25, -0.2) is 4.52 Å². The molecule has 0 N–H and O–H groups in total. The minimum Gasteiger partial charge on any atom is -0.293 e. The molecule has 0 aliphatic carbocycles. The molecule has 0 saturated heterocycles. The van der Waals surface area contributed by atoms with Crippen LogP contribution in [-0.4, -0.2) is 21.2 Å². The second kappa shape index (κ2) is 5.02. The summed E-state index contributed by atoms with van der Waals surface area (Å²) in [6, 6.07) is 9.06. The average Bonchev–Trinajstić information content (AvgIpc) is 3.14. The summed E-state index contributed by atoms with van der Waals surface area (Å²) in [5.41, 5.74) is 1.21. The van der Waals surface area contributed by atoms with E-state index in [0.717, 1.165) is 5.52 Å². The van der Waals surface area contributed by atoms with Crippen LogP contribution in [0.4, 0.5) is 0 Å². The van der Waals surface area contributed by atoms with E-state index >= 15 is 0 Å². The van der Waals surface area contributed by atoms with Crippen molar-refractivity contribution in [3.8, 4) is 0 Å². The molecule has 0 fully saturated rings. The van der Waals surface area contributed by atoms with E-state index in [-0.39, 0.29) is 11.6 Å². The normalized spacial score (nSPS) is 12.4. The minimum absolute atomic E-state index is 0.139. The molecule has 5 heteroatoms. The zero-order valence-corrected chi connectivity index (χ0v) is 11.6. The molecule has 3 aromatic heterocycles. The fourth-order valence-corrected chi connectivity index (χ4v) is 2.86. The predicted octanol–water partition coefficient (Wildman–Crippen LogP) is 3.10. The third-order valence-electron chi connectivity index (χ3n) is 3.24. The number of fused-ring (bicyclic) bond motifs is 1. The number of nitrogens with zero attached hydrogens (tertiary/aromatic N) is 2. The number of Topliss-reactive ketones (excluding diaryl/α,β-unsaturated/α-hetero) is 2. The lowest BCUT2D eigenvalue weighted by atomic mass is 9.95. The van der Waals surface area contributed by atoms with Gasteiger partial charge in [0.1, 0.15) is 0 Å². The largest absolute Gasteiger partial charge is 0.293 e. The van der Waals surface area contributed by atoms with Crippen LogP contribution in [0.25, 0.3) is 5.52 Å². The molecule has 0 aliphatic rings. The van der Waals surface area contributed by atoms with E-state index in [9.17, 15) is 9.59 Å². The number of rotatable bonds is 4. The molecule has 4 nitrogen and oxygen atoms in total. The number of aromatic nitrogens is 2. The number of pyridine rings is 1. The Bertz CT molecular complexity index is 774. The third kappa shape index (κ3) is 2.06. The quantitative estimate of drug-likeness (QED) is 0.546. The summed E-state index contributed by atoms with van der Waals surface area (Å²) in [4.78, 5) is 25.3. The van der Waals surface area contributed by atoms with Crippen LogP contribution >= 0.6 is 11.3 Å². The van der Waals surface area contributed by atoms with Crippen molar-refractivity contribution >= 4 is 28.4 Å². The number of carbonyl (C=O) groups excluding carboxylic acids is 2. The molecule has 0 bridgehead atoms. The SMILES string of the molecule is CC(C(=O)c1cccs1)C(=O)c1cnn2ccccc12. The van der Waals surface area contributed by atoms with Crippen LogP contribution in [0.3, 0.4) is 0 Å². The molecule has 20 heavy (non-hydrogen) atoms. The third-order valence-corrected chi connectivity index (χ3v) is 4.13. The molecular weight excluding hydrogens is 272 g/mol. The molecule has 0 radical (unpaired) electrons. The first-order chi connectivity index (χ1) is 9.68. The Balaban J connectivity index is 1.94. The van der Waals surface area contributed by atoms with E-state index in [2.05, 4.69) is 5.10 Å². The van der Waals surface area contributed by atoms with Crippen molar-refractivity contribution in [1.82, 2.24) is 9.61 Å². The van der Waals surface area contributed by atoms with Crippen molar-refractivity contribution in [2.75, 3.05) is 0 Å². The van der Waals surface area contributed by atoms with Gasteiger partial charge in [-0.2, -0.15) is 5.10 Å². The monoisotopic (exact) mass is 284 g/mol. The van der Waals surface area contributed by atoms with Crippen LogP contribution in [0.2, 0.25) is 0 Å². The van der Waals surface area contributed by atoms with Crippen molar-refractivity contribution in [1.29, 1.82) is 0 Å². The highest BCUT2D eigenvalue weighted by molar-refractivity contribution is 7.12. The fourth-order valence-electron chi connectivity index (χ4n) is 2.11. The first-order valence-electron chi connectivity index (χ1n) is 6.23. The van der Waals surface area contributed by atoms with Gasteiger partial charge < -0.3 is 0 Å². The van der Waals surface area contributed by atoms with E-state index in [0.29, 0.717) is 10.4 Å². The lowest BCUT2D eigenvalue weighted by molar-refractivity contribution is 0.0824. The summed E-state index contributed by atoms with van der Waals surface area (Å²) >= 11 is 1.36. The van der Waals surface area contributed by atoms with Crippen LogP contribution in [-0.2, 0) is 0 Å². The second-order valence-electron chi connectivity index (χ2n) is 4.52. The average molecular weight is 284 g/mol. The van der Waals surface area contributed by atoms with Gasteiger partial charge in [-0.1, -0.05) is 12.1 Å². The highest BCUT2D eigenvalue weighted by atomic mass is 32.1. The van der Waals surface area contributed by atoms with Gasteiger partial charge in [0.05, 0.1) is 28.1 Å². The number of hydrogen-bond acceptors (Lipinski definition) is 4. The van der Waals surface area contributed by atoms with Gasteiger partial charge in [-0.05, 0) is 30.5 Å². The van der Waals surface area contributed by atoms with Crippen LogP contribution in [0.5, 0.6) is 0 Å². The Morgan fingerprint density at radius 3 is 2.80 bits per heavy atom. The van der Waals surface area contributed by atoms with Gasteiger partial charge in [0, 0.05) is 6.20 Å². The van der Waals surface area contributed by atoms with Gasteiger partial charge in [-0.3, -0.25) is 9.59 Å². The van der Waals surface area contributed by atoms with Crippen molar-refractivity contribution in [3.05, 3.63) is 58.5 Å². The molecule has 1 unspecified atom stereocenters. The topological polar surface area (TPSA) is 51.4 Å². The standard InChI is InChI=1S/C15H12N2O2S/c1-10(15(19)13-6-4-8-20-13)14(18)11-9-16-17-7-3-2-5-12(11)17/h2-10H,1H3. The van der Waals surface area contributed by atoms with Crippen molar-refractivity contribution in [3.63, 3.8) is 0 Å². The summed E-state index contributed by atoms with van der Waals surface area (Å²) in [5.74, 6) is -1.02. The molecule has 100 valence electrons. The van der Waals surface area contributed by atoms with E-state index in [1.165, 1.54) is 17.5 Å². The summed E-state index contributed by atoms with van der Waals surface area (Å²) in [7, 11) is 0. The van der Waals surface area contributed by atoms with Gasteiger partial charge in [0.25, 0.3) is 0 Å². The summed E-state index contributed by atoms with van der Waals surface area (Å²) < 4.78 is 1.63.